The van der Waals surface area contributed by atoms with Crippen LogP contribution in [0.1, 0.15) is 19.8 Å². The zero-order valence-electron chi connectivity index (χ0n) is 8.18. The molecule has 1 aliphatic heterocycles. The normalized spacial score (nSPS) is 23.7. The average molecular weight is 182 g/mol. The van der Waals surface area contributed by atoms with Crippen LogP contribution in [-0.2, 0) is 4.74 Å². The summed E-state index contributed by atoms with van der Waals surface area (Å²) >= 11 is 0. The molecular formula is C10H18N2O. The van der Waals surface area contributed by atoms with Crippen molar-refractivity contribution in [3.8, 4) is 11.8 Å². The van der Waals surface area contributed by atoms with E-state index in [-0.39, 0.29) is 6.04 Å². The van der Waals surface area contributed by atoms with Crippen LogP contribution < -0.4 is 11.1 Å². The molecule has 0 aromatic heterocycles. The Labute approximate surface area is 80.0 Å². The van der Waals surface area contributed by atoms with E-state index in [1.165, 1.54) is 0 Å². The van der Waals surface area contributed by atoms with Gasteiger partial charge < -0.3 is 10.5 Å². The molecule has 1 heterocycles. The zero-order chi connectivity index (χ0) is 9.52. The predicted molar refractivity (Wildman–Crippen MR) is 53.3 cm³/mol. The average Bonchev–Trinajstić information content (AvgIpc) is 2.65. The molecule has 0 aromatic carbocycles. The SMILES string of the molecule is CC#CCNC(CN)C1CCCO1. The molecule has 0 aromatic rings. The number of hydrogen-bond acceptors (Lipinski definition) is 3. The van der Waals surface area contributed by atoms with Crippen molar-refractivity contribution in [3.63, 3.8) is 0 Å². The fourth-order valence-corrected chi connectivity index (χ4v) is 1.56. The molecule has 1 aliphatic rings. The van der Waals surface area contributed by atoms with Crippen molar-refractivity contribution >= 4 is 0 Å². The Morgan fingerprint density at radius 1 is 1.69 bits per heavy atom. The summed E-state index contributed by atoms with van der Waals surface area (Å²) in [6.07, 6.45) is 2.57. The van der Waals surface area contributed by atoms with E-state index in [1.54, 1.807) is 0 Å². The predicted octanol–water partition coefficient (Wildman–Crippen LogP) is 0.106. The monoisotopic (exact) mass is 182 g/mol. The van der Waals surface area contributed by atoms with Gasteiger partial charge in [-0.2, -0.15) is 0 Å². The Balaban J connectivity index is 2.27. The molecule has 1 fully saturated rings. The van der Waals surface area contributed by atoms with Crippen LogP contribution in [0.4, 0.5) is 0 Å². The summed E-state index contributed by atoms with van der Waals surface area (Å²) in [5.74, 6) is 5.81. The molecule has 13 heavy (non-hydrogen) atoms. The van der Waals surface area contributed by atoms with E-state index in [0.717, 1.165) is 19.4 Å². The largest absolute Gasteiger partial charge is 0.377 e. The molecule has 1 saturated heterocycles. The Kier molecular flexibility index (Phi) is 4.84. The van der Waals surface area contributed by atoms with Crippen LogP contribution in [0.3, 0.4) is 0 Å². The molecule has 2 unspecified atom stereocenters. The summed E-state index contributed by atoms with van der Waals surface area (Å²) in [4.78, 5) is 0. The van der Waals surface area contributed by atoms with Gasteiger partial charge in [-0.25, -0.2) is 0 Å². The van der Waals surface area contributed by atoms with Gasteiger partial charge in [0, 0.05) is 19.2 Å². The van der Waals surface area contributed by atoms with Crippen LogP contribution in [0.25, 0.3) is 0 Å². The quantitative estimate of drug-likeness (QED) is 0.606. The topological polar surface area (TPSA) is 47.3 Å². The first-order valence-electron chi connectivity index (χ1n) is 4.83. The summed E-state index contributed by atoms with van der Waals surface area (Å²) in [6, 6.07) is 0.267. The Bertz CT molecular complexity index is 189. The van der Waals surface area contributed by atoms with Gasteiger partial charge in [0.25, 0.3) is 0 Å². The lowest BCUT2D eigenvalue weighted by Crippen LogP contribution is -2.45. The van der Waals surface area contributed by atoms with E-state index in [0.29, 0.717) is 19.2 Å². The van der Waals surface area contributed by atoms with Crippen molar-refractivity contribution in [1.82, 2.24) is 5.32 Å². The number of rotatable bonds is 4. The van der Waals surface area contributed by atoms with Gasteiger partial charge in [0.05, 0.1) is 12.6 Å². The minimum Gasteiger partial charge on any atom is -0.377 e. The minimum absolute atomic E-state index is 0.267. The molecular weight excluding hydrogens is 164 g/mol. The van der Waals surface area contributed by atoms with Crippen molar-refractivity contribution in [2.75, 3.05) is 19.7 Å². The van der Waals surface area contributed by atoms with Gasteiger partial charge >= 0.3 is 0 Å². The van der Waals surface area contributed by atoms with Crippen molar-refractivity contribution in [2.45, 2.75) is 31.9 Å². The molecule has 0 amide bonds. The molecule has 3 N–H and O–H groups in total. The maximum absolute atomic E-state index is 5.64. The van der Waals surface area contributed by atoms with Crippen LogP contribution in [0.5, 0.6) is 0 Å². The second-order valence-electron chi connectivity index (χ2n) is 3.20. The van der Waals surface area contributed by atoms with E-state index < -0.39 is 0 Å². The fourth-order valence-electron chi connectivity index (χ4n) is 1.56. The highest BCUT2D eigenvalue weighted by Crippen LogP contribution is 2.14. The zero-order valence-corrected chi connectivity index (χ0v) is 8.18. The highest BCUT2D eigenvalue weighted by atomic mass is 16.5. The summed E-state index contributed by atoms with van der Waals surface area (Å²) < 4.78 is 5.55. The van der Waals surface area contributed by atoms with E-state index in [9.17, 15) is 0 Å². The van der Waals surface area contributed by atoms with Gasteiger partial charge in [-0.1, -0.05) is 5.92 Å². The van der Waals surface area contributed by atoms with Crippen molar-refractivity contribution in [2.24, 2.45) is 5.73 Å². The third-order valence-electron chi connectivity index (χ3n) is 2.30. The molecule has 0 aliphatic carbocycles. The van der Waals surface area contributed by atoms with Gasteiger partial charge in [-0.05, 0) is 19.8 Å². The first-order valence-corrected chi connectivity index (χ1v) is 4.83. The van der Waals surface area contributed by atoms with Crippen molar-refractivity contribution in [1.29, 1.82) is 0 Å². The van der Waals surface area contributed by atoms with Crippen LogP contribution in [0.2, 0.25) is 0 Å². The summed E-state index contributed by atoms with van der Waals surface area (Å²) in [5, 5.41) is 3.29. The van der Waals surface area contributed by atoms with Gasteiger partial charge in [0.2, 0.25) is 0 Å². The first-order chi connectivity index (χ1) is 6.38. The van der Waals surface area contributed by atoms with E-state index in [4.69, 9.17) is 10.5 Å². The van der Waals surface area contributed by atoms with Gasteiger partial charge in [0.1, 0.15) is 0 Å². The Hall–Kier alpha value is -0.560. The number of nitrogens with one attached hydrogen (secondary N) is 1. The first kappa shape index (κ1) is 10.5. The third-order valence-corrected chi connectivity index (χ3v) is 2.30. The van der Waals surface area contributed by atoms with Crippen LogP contribution in [0.15, 0.2) is 0 Å². The number of ether oxygens (including phenoxy) is 1. The van der Waals surface area contributed by atoms with Gasteiger partial charge in [0.15, 0.2) is 0 Å². The molecule has 1 rings (SSSR count). The maximum atomic E-state index is 5.64. The van der Waals surface area contributed by atoms with Crippen LogP contribution >= 0.6 is 0 Å². The maximum Gasteiger partial charge on any atom is 0.0741 e. The van der Waals surface area contributed by atoms with Crippen molar-refractivity contribution in [3.05, 3.63) is 0 Å². The van der Waals surface area contributed by atoms with E-state index >= 15 is 0 Å². The minimum atomic E-state index is 0.267. The number of hydrogen-bond donors (Lipinski definition) is 2. The lowest BCUT2D eigenvalue weighted by atomic mass is 10.1. The standard InChI is InChI=1S/C10H18N2O/c1-2-3-6-12-9(8-11)10-5-4-7-13-10/h9-10,12H,4-8,11H2,1H3. The highest BCUT2D eigenvalue weighted by Gasteiger charge is 2.23. The molecule has 0 bridgehead atoms. The molecule has 2 atom stereocenters. The van der Waals surface area contributed by atoms with E-state index in [2.05, 4.69) is 17.2 Å². The summed E-state index contributed by atoms with van der Waals surface area (Å²) in [6.45, 7) is 4.04. The Morgan fingerprint density at radius 3 is 3.08 bits per heavy atom. The molecule has 74 valence electrons. The molecule has 0 spiro atoms. The second kappa shape index (κ2) is 5.98. The van der Waals surface area contributed by atoms with E-state index in [1.807, 2.05) is 6.92 Å². The lowest BCUT2D eigenvalue weighted by Gasteiger charge is -2.21. The summed E-state index contributed by atoms with van der Waals surface area (Å²) in [7, 11) is 0. The molecule has 0 radical (unpaired) electrons. The summed E-state index contributed by atoms with van der Waals surface area (Å²) in [5.41, 5.74) is 5.64. The number of nitrogens with two attached hydrogens (primary N) is 1. The second-order valence-corrected chi connectivity index (χ2v) is 3.20. The van der Waals surface area contributed by atoms with Gasteiger partial charge in [-0.3, -0.25) is 5.32 Å². The lowest BCUT2D eigenvalue weighted by molar-refractivity contribution is 0.0821. The molecule has 3 heteroatoms. The fraction of sp³-hybridized carbons (Fsp3) is 0.800. The Morgan fingerprint density at radius 2 is 2.54 bits per heavy atom. The molecule has 0 saturated carbocycles. The molecule has 3 nitrogen and oxygen atoms in total. The smallest absolute Gasteiger partial charge is 0.0741 e. The van der Waals surface area contributed by atoms with Gasteiger partial charge in [-0.15, -0.1) is 5.92 Å². The van der Waals surface area contributed by atoms with Crippen molar-refractivity contribution < 1.29 is 4.74 Å². The third kappa shape index (κ3) is 3.35. The highest BCUT2D eigenvalue weighted by molar-refractivity contribution is 4.98. The van der Waals surface area contributed by atoms with Crippen LogP contribution in [-0.4, -0.2) is 31.8 Å². The van der Waals surface area contributed by atoms with Crippen LogP contribution in [0, 0.1) is 11.8 Å².